The zero-order valence-electron chi connectivity index (χ0n) is 12.9. The van der Waals surface area contributed by atoms with Crippen LogP contribution in [0.25, 0.3) is 0 Å². The van der Waals surface area contributed by atoms with Gasteiger partial charge >= 0.3 is 0 Å². The van der Waals surface area contributed by atoms with Crippen LogP contribution < -0.4 is 0 Å². The summed E-state index contributed by atoms with van der Waals surface area (Å²) >= 11 is 0. The third-order valence-corrected chi connectivity index (χ3v) is 9.07. The second-order valence-corrected chi connectivity index (χ2v) is 11.8. The molecule has 1 aromatic rings. The highest BCUT2D eigenvalue weighted by molar-refractivity contribution is 6.74. The van der Waals surface area contributed by atoms with Gasteiger partial charge in [0.05, 0.1) is 17.7 Å². The van der Waals surface area contributed by atoms with Crippen LogP contribution in [0.1, 0.15) is 50.0 Å². The number of rotatable bonds is 2. The zero-order valence-corrected chi connectivity index (χ0v) is 13.9. The van der Waals surface area contributed by atoms with Gasteiger partial charge in [-0.3, -0.25) is 0 Å². The second-order valence-electron chi connectivity index (χ2n) is 7.05. The molecule has 0 spiro atoms. The van der Waals surface area contributed by atoms with Gasteiger partial charge < -0.3 is 4.43 Å². The molecule has 1 aliphatic rings. The lowest BCUT2D eigenvalue weighted by molar-refractivity contribution is 0.181. The van der Waals surface area contributed by atoms with Crippen molar-refractivity contribution in [3.8, 4) is 6.07 Å². The molecular formula is C16H22FNOSi. The van der Waals surface area contributed by atoms with E-state index >= 15 is 0 Å². The molecule has 0 fully saturated rings. The van der Waals surface area contributed by atoms with Gasteiger partial charge in [0.2, 0.25) is 0 Å². The molecule has 1 unspecified atom stereocenters. The Hall–Kier alpha value is -1.18. The van der Waals surface area contributed by atoms with Crippen molar-refractivity contribution in [2.75, 3.05) is 0 Å². The number of benzene rings is 1. The minimum absolute atomic E-state index is 0.110. The van der Waals surface area contributed by atoms with E-state index in [1.807, 2.05) is 6.07 Å². The summed E-state index contributed by atoms with van der Waals surface area (Å²) in [4.78, 5) is 0. The van der Waals surface area contributed by atoms with E-state index in [1.165, 1.54) is 6.07 Å². The molecule has 0 amide bonds. The van der Waals surface area contributed by atoms with Crippen molar-refractivity contribution in [3.63, 3.8) is 0 Å². The van der Waals surface area contributed by atoms with E-state index in [0.717, 1.165) is 18.4 Å². The van der Waals surface area contributed by atoms with E-state index in [0.29, 0.717) is 11.1 Å². The highest BCUT2D eigenvalue weighted by Crippen LogP contribution is 2.44. The largest absolute Gasteiger partial charge is 0.410 e. The fraction of sp³-hybridized carbons (Fsp3) is 0.562. The molecule has 0 bridgehead atoms. The predicted octanol–water partition coefficient (Wildman–Crippen LogP) is 4.71. The molecule has 0 aromatic heterocycles. The smallest absolute Gasteiger partial charge is 0.192 e. The minimum atomic E-state index is -1.91. The molecule has 2 rings (SSSR count). The van der Waals surface area contributed by atoms with Crippen molar-refractivity contribution < 1.29 is 8.82 Å². The monoisotopic (exact) mass is 291 g/mol. The average Bonchev–Trinajstić information content (AvgIpc) is 2.70. The maximum Gasteiger partial charge on any atom is 0.192 e. The molecule has 0 heterocycles. The molecule has 108 valence electrons. The van der Waals surface area contributed by atoms with Crippen molar-refractivity contribution in [2.45, 2.75) is 57.8 Å². The Labute approximate surface area is 121 Å². The lowest BCUT2D eigenvalue weighted by Crippen LogP contribution is -2.41. The topological polar surface area (TPSA) is 33.0 Å². The van der Waals surface area contributed by atoms with E-state index in [9.17, 15) is 4.39 Å². The zero-order chi connectivity index (χ0) is 15.1. The Morgan fingerprint density at radius 1 is 1.35 bits per heavy atom. The number of hydrogen-bond donors (Lipinski definition) is 0. The number of nitrogens with zero attached hydrogens (tertiary/aromatic N) is 1. The van der Waals surface area contributed by atoms with Crippen LogP contribution in [0.5, 0.6) is 0 Å². The molecule has 1 atom stereocenters. The molecule has 2 nitrogen and oxygen atoms in total. The van der Waals surface area contributed by atoms with Gasteiger partial charge in [-0.15, -0.1) is 0 Å². The van der Waals surface area contributed by atoms with Gasteiger partial charge in [-0.05, 0) is 48.7 Å². The van der Waals surface area contributed by atoms with Crippen LogP contribution in [0.4, 0.5) is 4.39 Å². The van der Waals surface area contributed by atoms with Gasteiger partial charge in [-0.1, -0.05) is 20.8 Å². The van der Waals surface area contributed by atoms with E-state index in [2.05, 4.69) is 33.9 Å². The Bertz CT molecular complexity index is 569. The highest BCUT2D eigenvalue weighted by atomic mass is 28.4. The first-order chi connectivity index (χ1) is 9.15. The SMILES string of the molecule is CC(C)(C)[Si](C)(C)OC1CCc2cc(C#N)cc(F)c21. The third-order valence-electron chi connectivity index (χ3n) is 4.59. The van der Waals surface area contributed by atoms with Crippen LogP contribution in [0.3, 0.4) is 0 Å². The van der Waals surface area contributed by atoms with Crippen molar-refractivity contribution in [2.24, 2.45) is 0 Å². The Kier molecular flexibility index (Phi) is 3.79. The summed E-state index contributed by atoms with van der Waals surface area (Å²) in [7, 11) is -1.91. The van der Waals surface area contributed by atoms with Gasteiger partial charge in [-0.2, -0.15) is 5.26 Å². The Morgan fingerprint density at radius 2 is 2.00 bits per heavy atom. The third kappa shape index (κ3) is 2.65. The lowest BCUT2D eigenvalue weighted by atomic mass is 10.1. The standard InChI is InChI=1S/C16H22FNOSi/c1-16(2,3)20(4,5)19-14-7-6-12-8-11(10-18)9-13(17)15(12)14/h8-9,14H,6-7H2,1-5H3. The van der Waals surface area contributed by atoms with Gasteiger partial charge in [0.1, 0.15) is 5.82 Å². The summed E-state index contributed by atoms with van der Waals surface area (Å²) in [6.45, 7) is 10.9. The maximum absolute atomic E-state index is 14.2. The first kappa shape index (κ1) is 15.2. The number of fused-ring (bicyclic) bond motifs is 1. The van der Waals surface area contributed by atoms with Crippen molar-refractivity contribution in [1.82, 2.24) is 0 Å². The van der Waals surface area contributed by atoms with Crippen LogP contribution in [0.15, 0.2) is 12.1 Å². The van der Waals surface area contributed by atoms with Crippen LogP contribution in [-0.2, 0) is 10.8 Å². The number of nitriles is 1. The molecule has 0 radical (unpaired) electrons. The van der Waals surface area contributed by atoms with E-state index in [-0.39, 0.29) is 17.0 Å². The molecule has 0 saturated carbocycles. The van der Waals surface area contributed by atoms with E-state index < -0.39 is 8.32 Å². The van der Waals surface area contributed by atoms with Crippen LogP contribution in [0.2, 0.25) is 18.1 Å². The fourth-order valence-electron chi connectivity index (χ4n) is 2.39. The van der Waals surface area contributed by atoms with E-state index in [1.54, 1.807) is 6.07 Å². The summed E-state index contributed by atoms with van der Waals surface area (Å²) in [5, 5.41) is 9.02. The minimum Gasteiger partial charge on any atom is -0.410 e. The molecule has 20 heavy (non-hydrogen) atoms. The second kappa shape index (κ2) is 4.98. The molecule has 1 aliphatic carbocycles. The summed E-state index contributed by atoms with van der Waals surface area (Å²) in [6.07, 6.45) is 1.45. The summed E-state index contributed by atoms with van der Waals surface area (Å²) < 4.78 is 20.6. The van der Waals surface area contributed by atoms with Crippen molar-refractivity contribution in [3.05, 3.63) is 34.6 Å². The summed E-state index contributed by atoms with van der Waals surface area (Å²) in [5.74, 6) is -0.291. The summed E-state index contributed by atoms with van der Waals surface area (Å²) in [6, 6.07) is 5.14. The molecular weight excluding hydrogens is 269 g/mol. The van der Waals surface area contributed by atoms with Gasteiger partial charge in [0.25, 0.3) is 0 Å². The van der Waals surface area contributed by atoms with Gasteiger partial charge in [0, 0.05) is 5.56 Å². The van der Waals surface area contributed by atoms with Crippen LogP contribution >= 0.6 is 0 Å². The van der Waals surface area contributed by atoms with Crippen molar-refractivity contribution >= 4 is 8.32 Å². The first-order valence-electron chi connectivity index (χ1n) is 7.06. The normalized spacial score (nSPS) is 18.8. The quantitative estimate of drug-likeness (QED) is 0.739. The van der Waals surface area contributed by atoms with Crippen LogP contribution in [0, 0.1) is 17.1 Å². The van der Waals surface area contributed by atoms with Gasteiger partial charge in [-0.25, -0.2) is 4.39 Å². The number of halogens is 1. The number of hydrogen-bond acceptors (Lipinski definition) is 2. The van der Waals surface area contributed by atoms with Crippen LogP contribution in [-0.4, -0.2) is 8.32 Å². The maximum atomic E-state index is 14.2. The van der Waals surface area contributed by atoms with E-state index in [4.69, 9.17) is 9.69 Å². The number of aryl methyl sites for hydroxylation is 1. The molecule has 4 heteroatoms. The lowest BCUT2D eigenvalue weighted by Gasteiger charge is -2.38. The highest BCUT2D eigenvalue weighted by Gasteiger charge is 2.41. The first-order valence-corrected chi connectivity index (χ1v) is 9.97. The Morgan fingerprint density at radius 3 is 2.55 bits per heavy atom. The Balaban J connectivity index is 2.32. The molecule has 1 aromatic carbocycles. The molecule has 0 N–H and O–H groups in total. The molecule has 0 aliphatic heterocycles. The van der Waals surface area contributed by atoms with Gasteiger partial charge in [0.15, 0.2) is 8.32 Å². The van der Waals surface area contributed by atoms with Crippen molar-refractivity contribution in [1.29, 1.82) is 5.26 Å². The predicted molar refractivity (Wildman–Crippen MR) is 80.5 cm³/mol. The average molecular weight is 291 g/mol. The summed E-state index contributed by atoms with van der Waals surface area (Å²) in [5.41, 5.74) is 2.01. The fourth-order valence-corrected chi connectivity index (χ4v) is 3.69. The molecule has 0 saturated heterocycles.